The van der Waals surface area contributed by atoms with E-state index in [1.807, 2.05) is 6.42 Å². The third kappa shape index (κ3) is 34.7. The van der Waals surface area contributed by atoms with Crippen molar-refractivity contribution in [3.05, 3.63) is 6.42 Å². The van der Waals surface area contributed by atoms with Crippen molar-refractivity contribution in [3.63, 3.8) is 0 Å². The summed E-state index contributed by atoms with van der Waals surface area (Å²) in [6.45, 7) is 3.70. The molecule has 0 saturated heterocycles. The summed E-state index contributed by atoms with van der Waals surface area (Å²) in [5, 5.41) is 0. The van der Waals surface area contributed by atoms with Crippen molar-refractivity contribution in [2.75, 3.05) is 26.4 Å². The van der Waals surface area contributed by atoms with Gasteiger partial charge in [-0.3, -0.25) is 18.6 Å². The van der Waals surface area contributed by atoms with Crippen LogP contribution in [-0.4, -0.2) is 49.3 Å². The Hall–Kier alpha value is -0.990. The zero-order chi connectivity index (χ0) is 34.7. The molecule has 10 heteroatoms. The van der Waals surface area contributed by atoms with E-state index in [-0.39, 0.29) is 38.6 Å². The molecule has 0 aromatic heterocycles. The number of unbranched alkanes of at least 4 members (excludes halogenated alkanes) is 24. The molecule has 9 nitrogen and oxygen atoms in total. The number of carbonyl (C=O) groups excluding carboxylic acids is 2. The second-order valence-electron chi connectivity index (χ2n) is 13.0. The maximum atomic E-state index is 12.5. The number of esters is 2. The molecular weight excluding hydrogens is 617 g/mol. The Morgan fingerprint density at radius 1 is 0.638 bits per heavy atom. The first-order chi connectivity index (χ1) is 22.8. The Morgan fingerprint density at radius 3 is 1.55 bits per heavy atom. The first kappa shape index (κ1) is 46.0. The molecule has 1 unspecified atom stereocenters. The van der Waals surface area contributed by atoms with Gasteiger partial charge in [0.1, 0.15) is 6.61 Å². The number of phosphoric acid groups is 1. The lowest BCUT2D eigenvalue weighted by Gasteiger charge is -2.21. The maximum Gasteiger partial charge on any atom is 0.472 e. The van der Waals surface area contributed by atoms with E-state index in [2.05, 4.69) is 13.8 Å². The topological polar surface area (TPSA) is 134 Å². The zero-order valence-corrected chi connectivity index (χ0v) is 31.3. The van der Waals surface area contributed by atoms with Crippen LogP contribution in [0.2, 0.25) is 0 Å². The van der Waals surface area contributed by atoms with Gasteiger partial charge in [-0.15, -0.1) is 0 Å². The van der Waals surface area contributed by atoms with Gasteiger partial charge in [0.2, 0.25) is 0 Å². The van der Waals surface area contributed by atoms with Gasteiger partial charge in [-0.1, -0.05) is 168 Å². The second-order valence-corrected chi connectivity index (χ2v) is 14.4. The lowest BCUT2D eigenvalue weighted by Crippen LogP contribution is -2.29. The van der Waals surface area contributed by atoms with Gasteiger partial charge < -0.3 is 26.5 Å². The van der Waals surface area contributed by atoms with Crippen LogP contribution >= 0.6 is 7.82 Å². The molecule has 0 fully saturated rings. The third-order valence-corrected chi connectivity index (χ3v) is 9.32. The van der Waals surface area contributed by atoms with E-state index in [1.165, 1.54) is 122 Å². The minimum atomic E-state index is -4.37. The first-order valence-electron chi connectivity index (χ1n) is 19.3. The van der Waals surface area contributed by atoms with E-state index in [0.29, 0.717) is 0 Å². The maximum absolute atomic E-state index is 12.5. The lowest BCUT2D eigenvalue weighted by atomic mass is 10.0. The second kappa shape index (κ2) is 34.9. The molecule has 0 aliphatic carbocycles. The predicted octanol–water partition coefficient (Wildman–Crippen LogP) is 10.3. The van der Waals surface area contributed by atoms with Crippen LogP contribution in [0, 0.1) is 6.42 Å². The third-order valence-electron chi connectivity index (χ3n) is 8.33. The van der Waals surface area contributed by atoms with E-state index in [9.17, 15) is 19.0 Å². The van der Waals surface area contributed by atoms with Crippen LogP contribution < -0.4 is 5.73 Å². The number of hydrogen-bond acceptors (Lipinski definition) is 8. The Balaban J connectivity index is 4.18. The van der Waals surface area contributed by atoms with Crippen molar-refractivity contribution < 1.29 is 37.6 Å². The summed E-state index contributed by atoms with van der Waals surface area (Å²) in [6, 6.07) is 0. The van der Waals surface area contributed by atoms with Crippen molar-refractivity contribution in [2.45, 2.75) is 193 Å². The molecule has 0 bridgehead atoms. The van der Waals surface area contributed by atoms with E-state index in [1.54, 1.807) is 0 Å². The van der Waals surface area contributed by atoms with Gasteiger partial charge in [-0.25, -0.2) is 4.57 Å². The number of hydrogen-bond donors (Lipinski definition) is 2. The standard InChI is InChI=1S/C37H73NO8P/c1-3-5-7-9-11-13-15-17-19-21-23-25-27-29-36(39)43-33-35(34-45-47(41,42)44-32-31-38)46-37(40)30-28-26-24-22-20-18-16-14-12-10-8-6-4-2/h28,35H,3-27,29-34,38H2,1-2H3,(H,41,42)/q-1/t35-/m1/s1. The molecule has 47 heavy (non-hydrogen) atoms. The highest BCUT2D eigenvalue weighted by Crippen LogP contribution is 2.43. The number of carbonyl (C=O) groups is 2. The fourth-order valence-electron chi connectivity index (χ4n) is 5.45. The van der Waals surface area contributed by atoms with Crippen LogP contribution in [0.4, 0.5) is 0 Å². The van der Waals surface area contributed by atoms with Crippen molar-refractivity contribution in [1.29, 1.82) is 0 Å². The normalized spacial score (nSPS) is 13.4. The van der Waals surface area contributed by atoms with Crippen LogP contribution in [0.5, 0.6) is 0 Å². The van der Waals surface area contributed by atoms with Crippen molar-refractivity contribution in [1.82, 2.24) is 0 Å². The zero-order valence-electron chi connectivity index (χ0n) is 30.4. The van der Waals surface area contributed by atoms with Crippen molar-refractivity contribution in [3.8, 4) is 0 Å². The van der Waals surface area contributed by atoms with Crippen LogP contribution in [0.25, 0.3) is 0 Å². The number of rotatable bonds is 37. The average molecular weight is 691 g/mol. The summed E-state index contributed by atoms with van der Waals surface area (Å²) in [6.07, 6.45) is 32.0. The largest absolute Gasteiger partial charge is 0.472 e. The van der Waals surface area contributed by atoms with E-state index in [4.69, 9.17) is 24.3 Å². The monoisotopic (exact) mass is 691 g/mol. The smallest absolute Gasteiger partial charge is 0.462 e. The Morgan fingerprint density at radius 2 is 1.09 bits per heavy atom. The quantitative estimate of drug-likeness (QED) is 0.0282. The summed E-state index contributed by atoms with van der Waals surface area (Å²) in [5.74, 6) is -0.881. The summed E-state index contributed by atoms with van der Waals surface area (Å²) < 4.78 is 32.6. The fourth-order valence-corrected chi connectivity index (χ4v) is 6.22. The highest BCUT2D eigenvalue weighted by molar-refractivity contribution is 7.47. The molecule has 0 rings (SSSR count). The van der Waals surface area contributed by atoms with Crippen LogP contribution in [0.15, 0.2) is 0 Å². The molecule has 0 aliphatic heterocycles. The number of nitrogens with two attached hydrogens (primary N) is 1. The summed E-state index contributed by atoms with van der Waals surface area (Å²) >= 11 is 0. The SMILES string of the molecule is CCCCCCCCCCCCC[CH-]CC(=O)O[C@H](COC(=O)CCCCCCCCCCCCCCC)COP(=O)(O)OCCN. The molecule has 0 heterocycles. The van der Waals surface area contributed by atoms with Crippen LogP contribution in [0.3, 0.4) is 0 Å². The average Bonchev–Trinajstić information content (AvgIpc) is 3.05. The Labute approximate surface area is 288 Å². The van der Waals surface area contributed by atoms with E-state index >= 15 is 0 Å². The predicted molar refractivity (Wildman–Crippen MR) is 192 cm³/mol. The van der Waals surface area contributed by atoms with Gasteiger partial charge >= 0.3 is 13.8 Å². The summed E-state index contributed by atoms with van der Waals surface area (Å²) in [5.41, 5.74) is 5.33. The Bertz CT molecular complexity index is 754. The van der Waals surface area contributed by atoms with Gasteiger partial charge in [0.15, 0.2) is 6.10 Å². The van der Waals surface area contributed by atoms with Crippen LogP contribution in [-0.2, 0) is 32.7 Å². The van der Waals surface area contributed by atoms with E-state index in [0.717, 1.165) is 38.5 Å². The van der Waals surface area contributed by atoms with E-state index < -0.39 is 26.5 Å². The number of ether oxygens (including phenoxy) is 2. The molecule has 0 saturated carbocycles. The van der Waals surface area contributed by atoms with Gasteiger partial charge in [-0.2, -0.15) is 6.42 Å². The molecule has 2 atom stereocenters. The van der Waals surface area contributed by atoms with Crippen LogP contribution in [0.1, 0.15) is 187 Å². The highest BCUT2D eigenvalue weighted by atomic mass is 31.2. The molecule has 3 N–H and O–H groups in total. The molecule has 280 valence electrons. The lowest BCUT2D eigenvalue weighted by molar-refractivity contribution is -0.160. The first-order valence-corrected chi connectivity index (χ1v) is 20.8. The molecule has 0 amide bonds. The fraction of sp³-hybridized carbons (Fsp3) is 0.919. The highest BCUT2D eigenvalue weighted by Gasteiger charge is 2.25. The molecule has 0 aliphatic rings. The Kier molecular flexibility index (Phi) is 34.1. The minimum Gasteiger partial charge on any atom is -0.462 e. The molecular formula is C37H73NO8P-. The van der Waals surface area contributed by atoms with Gasteiger partial charge in [0.05, 0.1) is 13.2 Å². The van der Waals surface area contributed by atoms with Gasteiger partial charge in [0, 0.05) is 13.0 Å². The number of phosphoric ester groups is 1. The summed E-state index contributed by atoms with van der Waals surface area (Å²) in [4.78, 5) is 34.6. The van der Waals surface area contributed by atoms with Gasteiger partial charge in [-0.05, 0) is 6.42 Å². The van der Waals surface area contributed by atoms with Crippen molar-refractivity contribution >= 4 is 19.8 Å². The molecule has 0 aromatic rings. The van der Waals surface area contributed by atoms with Crippen molar-refractivity contribution in [2.24, 2.45) is 5.73 Å². The molecule has 0 aromatic carbocycles. The molecule has 0 spiro atoms. The summed E-state index contributed by atoms with van der Waals surface area (Å²) in [7, 11) is -4.37. The van der Waals surface area contributed by atoms with Gasteiger partial charge in [0.25, 0.3) is 5.97 Å². The molecule has 0 radical (unpaired) electrons. The minimum absolute atomic E-state index is 0.0537.